The van der Waals surface area contributed by atoms with Gasteiger partial charge in [0.25, 0.3) is 5.91 Å². The van der Waals surface area contributed by atoms with Crippen molar-refractivity contribution in [1.29, 1.82) is 0 Å². The SMILES string of the molecule is CC1OC2(CCN(CCc3ccccc3)CC2)CN(Cc2ccc(F)cc2)C1=O.Cl. The molecule has 2 saturated heterocycles. The number of benzene rings is 2. The Morgan fingerprint density at radius 3 is 2.37 bits per heavy atom. The highest BCUT2D eigenvalue weighted by atomic mass is 35.5. The van der Waals surface area contributed by atoms with E-state index in [-0.39, 0.29) is 29.7 Å². The molecule has 0 N–H and O–H groups in total. The van der Waals surface area contributed by atoms with Gasteiger partial charge < -0.3 is 14.5 Å². The van der Waals surface area contributed by atoms with Crippen LogP contribution < -0.4 is 0 Å². The van der Waals surface area contributed by atoms with Gasteiger partial charge in [0.15, 0.2) is 0 Å². The minimum atomic E-state index is -0.430. The van der Waals surface area contributed by atoms with Gasteiger partial charge in [-0.15, -0.1) is 12.4 Å². The van der Waals surface area contributed by atoms with E-state index in [9.17, 15) is 9.18 Å². The van der Waals surface area contributed by atoms with E-state index < -0.39 is 6.10 Å². The number of hydrogen-bond acceptors (Lipinski definition) is 3. The molecule has 0 aromatic heterocycles. The van der Waals surface area contributed by atoms with Gasteiger partial charge in [0.2, 0.25) is 0 Å². The number of piperidine rings is 1. The molecule has 2 aromatic carbocycles. The standard InChI is InChI=1S/C24H29FN2O2.ClH/c1-19-23(28)27(17-21-7-9-22(25)10-8-21)18-24(29-19)12-15-26(16-13-24)14-11-20-5-3-2-4-6-20;/h2-10,19H,11-18H2,1H3;1H. The fourth-order valence-corrected chi connectivity index (χ4v) is 4.48. The summed E-state index contributed by atoms with van der Waals surface area (Å²) in [6.07, 6.45) is 2.49. The fraction of sp³-hybridized carbons (Fsp3) is 0.458. The number of halogens is 2. The molecule has 0 radical (unpaired) electrons. The summed E-state index contributed by atoms with van der Waals surface area (Å²) >= 11 is 0. The molecule has 2 aliphatic heterocycles. The van der Waals surface area contributed by atoms with Gasteiger partial charge in [0, 0.05) is 26.2 Å². The van der Waals surface area contributed by atoms with Crippen LogP contribution in [0.2, 0.25) is 0 Å². The second kappa shape index (κ2) is 9.90. The van der Waals surface area contributed by atoms with Crippen LogP contribution in [0, 0.1) is 5.82 Å². The third kappa shape index (κ3) is 5.39. The molecule has 0 aliphatic carbocycles. The number of likely N-dealkylation sites (tertiary alicyclic amines) is 1. The molecular formula is C24H30ClFN2O2. The van der Waals surface area contributed by atoms with Crippen LogP contribution in [0.5, 0.6) is 0 Å². The molecule has 1 unspecified atom stereocenters. The number of hydrogen-bond donors (Lipinski definition) is 0. The van der Waals surface area contributed by atoms with Crippen LogP contribution >= 0.6 is 12.4 Å². The van der Waals surface area contributed by atoms with Crippen molar-refractivity contribution in [2.75, 3.05) is 26.2 Å². The predicted molar refractivity (Wildman–Crippen MR) is 118 cm³/mol. The highest BCUT2D eigenvalue weighted by Gasteiger charge is 2.45. The number of morpholine rings is 1. The summed E-state index contributed by atoms with van der Waals surface area (Å²) in [5.41, 5.74) is 2.05. The Bertz CT molecular complexity index is 823. The van der Waals surface area contributed by atoms with E-state index in [1.807, 2.05) is 11.8 Å². The largest absolute Gasteiger partial charge is 0.360 e. The van der Waals surface area contributed by atoms with E-state index >= 15 is 0 Å². The van der Waals surface area contributed by atoms with Gasteiger partial charge in [-0.2, -0.15) is 0 Å². The number of ether oxygens (including phenoxy) is 1. The van der Waals surface area contributed by atoms with Crippen molar-refractivity contribution in [3.05, 3.63) is 71.5 Å². The first kappa shape index (κ1) is 22.7. The summed E-state index contributed by atoms with van der Waals surface area (Å²) in [6, 6.07) is 17.0. The van der Waals surface area contributed by atoms with Gasteiger partial charge in [-0.1, -0.05) is 42.5 Å². The van der Waals surface area contributed by atoms with Crippen LogP contribution in [0.1, 0.15) is 30.9 Å². The minimum Gasteiger partial charge on any atom is -0.360 e. The maximum atomic E-state index is 13.2. The summed E-state index contributed by atoms with van der Waals surface area (Å²) in [7, 11) is 0. The van der Waals surface area contributed by atoms with Crippen LogP contribution in [-0.4, -0.2) is 53.6 Å². The van der Waals surface area contributed by atoms with Crippen LogP contribution in [0.15, 0.2) is 54.6 Å². The zero-order valence-electron chi connectivity index (χ0n) is 17.4. The molecule has 2 aliphatic rings. The van der Waals surface area contributed by atoms with Crippen molar-refractivity contribution in [1.82, 2.24) is 9.80 Å². The predicted octanol–water partition coefficient (Wildman–Crippen LogP) is 4.07. The summed E-state index contributed by atoms with van der Waals surface area (Å²) in [5, 5.41) is 0. The van der Waals surface area contributed by atoms with Crippen molar-refractivity contribution in [3.8, 4) is 0 Å². The van der Waals surface area contributed by atoms with Crippen molar-refractivity contribution in [3.63, 3.8) is 0 Å². The molecule has 1 amide bonds. The van der Waals surface area contributed by atoms with Gasteiger partial charge in [-0.3, -0.25) is 4.79 Å². The normalized spacial score (nSPS) is 21.5. The van der Waals surface area contributed by atoms with Crippen LogP contribution in [0.4, 0.5) is 4.39 Å². The van der Waals surface area contributed by atoms with Crippen molar-refractivity contribution >= 4 is 18.3 Å². The van der Waals surface area contributed by atoms with Gasteiger partial charge in [-0.25, -0.2) is 4.39 Å². The smallest absolute Gasteiger partial charge is 0.251 e. The molecular weight excluding hydrogens is 403 g/mol. The number of carbonyl (C=O) groups excluding carboxylic acids is 1. The molecule has 4 nitrogen and oxygen atoms in total. The molecule has 6 heteroatoms. The molecule has 2 fully saturated rings. The molecule has 2 aromatic rings. The fourth-order valence-electron chi connectivity index (χ4n) is 4.48. The van der Waals surface area contributed by atoms with Gasteiger partial charge in [-0.05, 0) is 49.4 Å². The third-order valence-corrected chi connectivity index (χ3v) is 6.18. The number of nitrogens with zero attached hydrogens (tertiary/aromatic N) is 2. The summed E-state index contributed by atoms with van der Waals surface area (Å²) in [6.45, 7) is 5.99. The molecule has 162 valence electrons. The quantitative estimate of drug-likeness (QED) is 0.714. The van der Waals surface area contributed by atoms with Gasteiger partial charge in [0.05, 0.1) is 12.1 Å². The Morgan fingerprint density at radius 1 is 1.03 bits per heavy atom. The lowest BCUT2D eigenvalue weighted by molar-refractivity contribution is -0.190. The third-order valence-electron chi connectivity index (χ3n) is 6.18. The van der Waals surface area contributed by atoms with E-state index in [0.29, 0.717) is 13.1 Å². The lowest BCUT2D eigenvalue weighted by Crippen LogP contribution is -2.61. The first-order valence-corrected chi connectivity index (χ1v) is 10.5. The molecule has 1 spiro atoms. The topological polar surface area (TPSA) is 32.8 Å². The van der Waals surface area contributed by atoms with Crippen molar-refractivity contribution in [2.24, 2.45) is 0 Å². The van der Waals surface area contributed by atoms with Gasteiger partial charge >= 0.3 is 0 Å². The lowest BCUT2D eigenvalue weighted by atomic mass is 9.88. The Morgan fingerprint density at radius 2 is 1.70 bits per heavy atom. The Labute approximate surface area is 184 Å². The second-order valence-corrected chi connectivity index (χ2v) is 8.34. The lowest BCUT2D eigenvalue weighted by Gasteiger charge is -2.49. The van der Waals surface area contributed by atoms with Crippen LogP contribution in [-0.2, 0) is 22.5 Å². The van der Waals surface area contributed by atoms with E-state index in [4.69, 9.17) is 4.74 Å². The van der Waals surface area contributed by atoms with Gasteiger partial charge in [0.1, 0.15) is 11.9 Å². The highest BCUT2D eigenvalue weighted by molar-refractivity contribution is 5.85. The second-order valence-electron chi connectivity index (χ2n) is 8.34. The Kier molecular flexibility index (Phi) is 7.50. The molecule has 30 heavy (non-hydrogen) atoms. The van der Waals surface area contributed by atoms with E-state index in [0.717, 1.165) is 44.5 Å². The number of rotatable bonds is 5. The summed E-state index contributed by atoms with van der Waals surface area (Å²) in [5.74, 6) is -0.235. The zero-order valence-corrected chi connectivity index (χ0v) is 18.2. The monoisotopic (exact) mass is 432 g/mol. The average Bonchev–Trinajstić information content (AvgIpc) is 2.74. The molecule has 4 rings (SSSR count). The molecule has 1 atom stereocenters. The maximum absolute atomic E-state index is 13.2. The summed E-state index contributed by atoms with van der Waals surface area (Å²) in [4.78, 5) is 17.0. The number of amides is 1. The van der Waals surface area contributed by atoms with E-state index in [1.165, 1.54) is 17.7 Å². The zero-order chi connectivity index (χ0) is 20.3. The molecule has 0 bridgehead atoms. The Hall–Kier alpha value is -1.95. The van der Waals surface area contributed by atoms with Crippen molar-refractivity contribution in [2.45, 2.75) is 44.4 Å². The number of carbonyl (C=O) groups is 1. The highest BCUT2D eigenvalue weighted by Crippen LogP contribution is 2.33. The average molecular weight is 433 g/mol. The summed E-state index contributed by atoms with van der Waals surface area (Å²) < 4.78 is 19.4. The first-order chi connectivity index (χ1) is 14.0. The van der Waals surface area contributed by atoms with Crippen LogP contribution in [0.25, 0.3) is 0 Å². The maximum Gasteiger partial charge on any atom is 0.251 e. The molecule has 0 saturated carbocycles. The molecule has 2 heterocycles. The van der Waals surface area contributed by atoms with E-state index in [2.05, 4.69) is 35.2 Å². The van der Waals surface area contributed by atoms with Crippen LogP contribution in [0.3, 0.4) is 0 Å². The minimum absolute atomic E-state index is 0. The van der Waals surface area contributed by atoms with Crippen molar-refractivity contribution < 1.29 is 13.9 Å². The van der Waals surface area contributed by atoms with E-state index in [1.54, 1.807) is 12.1 Å². The Balaban J connectivity index is 0.00000256. The first-order valence-electron chi connectivity index (χ1n) is 10.5.